The summed E-state index contributed by atoms with van der Waals surface area (Å²) in [6.07, 6.45) is 0. The molecule has 0 aliphatic rings. The van der Waals surface area contributed by atoms with Crippen LogP contribution in [0.4, 0.5) is 10.1 Å². The minimum Gasteiger partial charge on any atom is -0.487 e. The van der Waals surface area contributed by atoms with Crippen LogP contribution in [0.5, 0.6) is 5.75 Å². The number of ether oxygens (including phenoxy) is 1. The summed E-state index contributed by atoms with van der Waals surface area (Å²) in [4.78, 5) is 0. The van der Waals surface area contributed by atoms with E-state index in [2.05, 4.69) is 15.9 Å². The largest absolute Gasteiger partial charge is 0.487 e. The molecule has 94 valence electrons. The SMILES string of the molecule is Nc1cc(F)ccc1COc1cc(Br)ccc1Cl. The first-order valence-electron chi connectivity index (χ1n) is 5.18. The van der Waals surface area contributed by atoms with Gasteiger partial charge in [0, 0.05) is 15.7 Å². The minimum atomic E-state index is -0.364. The van der Waals surface area contributed by atoms with E-state index >= 15 is 0 Å². The number of halogens is 3. The number of nitrogen functional groups attached to an aromatic ring is 1. The Labute approximate surface area is 118 Å². The Kier molecular flexibility index (Phi) is 4.09. The fourth-order valence-electron chi connectivity index (χ4n) is 1.44. The topological polar surface area (TPSA) is 35.2 Å². The van der Waals surface area contributed by atoms with Crippen molar-refractivity contribution in [2.45, 2.75) is 6.61 Å². The van der Waals surface area contributed by atoms with Crippen LogP contribution in [0.1, 0.15) is 5.56 Å². The molecule has 2 aromatic carbocycles. The molecule has 0 heterocycles. The molecule has 0 aliphatic carbocycles. The van der Waals surface area contributed by atoms with Crippen molar-refractivity contribution < 1.29 is 9.13 Å². The van der Waals surface area contributed by atoms with Crippen molar-refractivity contribution >= 4 is 33.2 Å². The molecule has 2 N–H and O–H groups in total. The molecule has 0 aromatic heterocycles. The second-order valence-electron chi connectivity index (χ2n) is 3.71. The van der Waals surface area contributed by atoms with Gasteiger partial charge in [0.25, 0.3) is 0 Å². The van der Waals surface area contributed by atoms with Crippen molar-refractivity contribution in [3.8, 4) is 5.75 Å². The number of rotatable bonds is 3. The van der Waals surface area contributed by atoms with Gasteiger partial charge in [-0.2, -0.15) is 0 Å². The first-order valence-corrected chi connectivity index (χ1v) is 6.35. The first kappa shape index (κ1) is 13.2. The van der Waals surface area contributed by atoms with Gasteiger partial charge in [-0.1, -0.05) is 33.6 Å². The van der Waals surface area contributed by atoms with Crippen molar-refractivity contribution in [2.75, 3.05) is 5.73 Å². The lowest BCUT2D eigenvalue weighted by Gasteiger charge is -2.10. The smallest absolute Gasteiger partial charge is 0.139 e. The van der Waals surface area contributed by atoms with Crippen molar-refractivity contribution in [1.82, 2.24) is 0 Å². The summed E-state index contributed by atoms with van der Waals surface area (Å²) >= 11 is 9.32. The molecule has 2 rings (SSSR count). The van der Waals surface area contributed by atoms with Gasteiger partial charge in [0.2, 0.25) is 0 Å². The Morgan fingerprint density at radius 3 is 2.72 bits per heavy atom. The molecule has 0 bridgehead atoms. The van der Waals surface area contributed by atoms with Crippen LogP contribution in [0.2, 0.25) is 5.02 Å². The van der Waals surface area contributed by atoms with E-state index in [9.17, 15) is 4.39 Å². The van der Waals surface area contributed by atoms with Gasteiger partial charge in [-0.25, -0.2) is 4.39 Å². The van der Waals surface area contributed by atoms with Gasteiger partial charge in [0.1, 0.15) is 18.2 Å². The first-order chi connectivity index (χ1) is 8.56. The molecule has 0 spiro atoms. The van der Waals surface area contributed by atoms with Crippen molar-refractivity contribution in [1.29, 1.82) is 0 Å². The maximum atomic E-state index is 12.9. The van der Waals surface area contributed by atoms with Crippen LogP contribution >= 0.6 is 27.5 Å². The van der Waals surface area contributed by atoms with Gasteiger partial charge in [-0.15, -0.1) is 0 Å². The van der Waals surface area contributed by atoms with E-state index in [-0.39, 0.29) is 12.4 Å². The van der Waals surface area contributed by atoms with Crippen LogP contribution in [-0.2, 0) is 6.61 Å². The molecule has 0 atom stereocenters. The summed E-state index contributed by atoms with van der Waals surface area (Å²) in [7, 11) is 0. The summed E-state index contributed by atoms with van der Waals surface area (Å²) in [5.74, 6) is 0.187. The lowest BCUT2D eigenvalue weighted by atomic mass is 10.2. The average molecular weight is 331 g/mol. The van der Waals surface area contributed by atoms with E-state index in [1.54, 1.807) is 18.2 Å². The Hall–Kier alpha value is -1.26. The van der Waals surface area contributed by atoms with E-state index in [0.717, 1.165) is 4.47 Å². The number of anilines is 1. The Morgan fingerprint density at radius 2 is 2.00 bits per heavy atom. The van der Waals surface area contributed by atoms with Crippen molar-refractivity contribution in [3.63, 3.8) is 0 Å². The molecule has 0 radical (unpaired) electrons. The van der Waals surface area contributed by atoms with Crippen LogP contribution in [0.3, 0.4) is 0 Å². The maximum Gasteiger partial charge on any atom is 0.139 e. The van der Waals surface area contributed by atoms with Crippen LogP contribution in [-0.4, -0.2) is 0 Å². The Morgan fingerprint density at radius 1 is 1.22 bits per heavy atom. The number of nitrogens with two attached hydrogens (primary N) is 1. The van der Waals surface area contributed by atoms with E-state index in [0.29, 0.717) is 22.0 Å². The van der Waals surface area contributed by atoms with Crippen LogP contribution in [0, 0.1) is 5.82 Å². The van der Waals surface area contributed by atoms with Gasteiger partial charge in [0.15, 0.2) is 0 Å². The highest BCUT2D eigenvalue weighted by molar-refractivity contribution is 9.10. The van der Waals surface area contributed by atoms with Gasteiger partial charge in [-0.05, 0) is 30.3 Å². The highest BCUT2D eigenvalue weighted by atomic mass is 79.9. The summed E-state index contributed by atoms with van der Waals surface area (Å²) in [6, 6.07) is 9.52. The zero-order valence-electron chi connectivity index (χ0n) is 9.29. The molecule has 2 aromatic rings. The third kappa shape index (κ3) is 3.15. The Bertz CT molecular complexity index is 577. The zero-order chi connectivity index (χ0) is 13.1. The highest BCUT2D eigenvalue weighted by Gasteiger charge is 2.05. The van der Waals surface area contributed by atoms with Gasteiger partial charge >= 0.3 is 0 Å². The maximum absolute atomic E-state index is 12.9. The normalized spacial score (nSPS) is 10.4. The molecular formula is C13H10BrClFNO. The number of benzene rings is 2. The molecule has 2 nitrogen and oxygen atoms in total. The van der Waals surface area contributed by atoms with Gasteiger partial charge in [0.05, 0.1) is 5.02 Å². The van der Waals surface area contributed by atoms with Crippen LogP contribution < -0.4 is 10.5 Å². The quantitative estimate of drug-likeness (QED) is 0.846. The van der Waals surface area contributed by atoms with E-state index < -0.39 is 0 Å². The molecule has 0 unspecified atom stereocenters. The summed E-state index contributed by atoms with van der Waals surface area (Å²) < 4.78 is 19.3. The number of hydrogen-bond donors (Lipinski definition) is 1. The monoisotopic (exact) mass is 329 g/mol. The lowest BCUT2D eigenvalue weighted by molar-refractivity contribution is 0.307. The third-order valence-corrected chi connectivity index (χ3v) is 3.19. The van der Waals surface area contributed by atoms with Crippen LogP contribution in [0.15, 0.2) is 40.9 Å². The molecule has 5 heteroatoms. The molecular weight excluding hydrogens is 321 g/mol. The second kappa shape index (κ2) is 5.59. The summed E-state index contributed by atoms with van der Waals surface area (Å²) in [5, 5.41) is 0.513. The molecule has 0 fully saturated rings. The van der Waals surface area contributed by atoms with Crippen molar-refractivity contribution in [2.24, 2.45) is 0 Å². The number of hydrogen-bond acceptors (Lipinski definition) is 2. The predicted octanol–water partition coefficient (Wildman–Crippen LogP) is 4.40. The molecule has 0 saturated heterocycles. The molecule has 18 heavy (non-hydrogen) atoms. The highest BCUT2D eigenvalue weighted by Crippen LogP contribution is 2.29. The second-order valence-corrected chi connectivity index (χ2v) is 5.03. The predicted molar refractivity (Wildman–Crippen MR) is 74.3 cm³/mol. The molecule has 0 aliphatic heterocycles. The van der Waals surface area contributed by atoms with Crippen molar-refractivity contribution in [3.05, 3.63) is 57.3 Å². The van der Waals surface area contributed by atoms with E-state index in [1.165, 1.54) is 12.1 Å². The third-order valence-electron chi connectivity index (χ3n) is 2.38. The fourth-order valence-corrected chi connectivity index (χ4v) is 1.95. The fraction of sp³-hybridized carbons (Fsp3) is 0.0769. The lowest BCUT2D eigenvalue weighted by Crippen LogP contribution is -2.01. The zero-order valence-corrected chi connectivity index (χ0v) is 11.6. The average Bonchev–Trinajstić information content (AvgIpc) is 2.32. The standard InChI is InChI=1S/C13H10BrClFNO/c14-9-2-4-11(15)13(5-9)18-7-8-1-3-10(16)6-12(8)17/h1-6H,7,17H2. The summed E-state index contributed by atoms with van der Waals surface area (Å²) in [6.45, 7) is 0.238. The minimum absolute atomic E-state index is 0.238. The summed E-state index contributed by atoms with van der Waals surface area (Å²) in [5.41, 5.74) is 6.77. The van der Waals surface area contributed by atoms with Gasteiger partial charge in [-0.3, -0.25) is 0 Å². The van der Waals surface area contributed by atoms with E-state index in [4.69, 9.17) is 22.1 Å². The van der Waals surface area contributed by atoms with E-state index in [1.807, 2.05) is 6.07 Å². The Balaban J connectivity index is 2.13. The van der Waals surface area contributed by atoms with Crippen LogP contribution in [0.25, 0.3) is 0 Å². The molecule has 0 amide bonds. The van der Waals surface area contributed by atoms with Gasteiger partial charge < -0.3 is 10.5 Å². The molecule has 0 saturated carbocycles.